The Labute approximate surface area is 122 Å². The van der Waals surface area contributed by atoms with Crippen molar-refractivity contribution in [1.82, 2.24) is 15.1 Å². The van der Waals surface area contributed by atoms with Gasteiger partial charge in [-0.05, 0) is 36.9 Å². The third kappa shape index (κ3) is 3.94. The fraction of sp³-hybridized carbons (Fsp3) is 0.471. The molecule has 1 heterocycles. The fourth-order valence-electron chi connectivity index (χ4n) is 2.39. The quantitative estimate of drug-likeness (QED) is 0.837. The Kier molecular flexibility index (Phi) is 5.36. The summed E-state index contributed by atoms with van der Waals surface area (Å²) in [5, 5.41) is 7.91. The van der Waals surface area contributed by atoms with Gasteiger partial charge in [-0.1, -0.05) is 38.1 Å². The highest BCUT2D eigenvalue weighted by Crippen LogP contribution is 2.18. The van der Waals surface area contributed by atoms with Crippen molar-refractivity contribution in [2.24, 2.45) is 7.05 Å². The van der Waals surface area contributed by atoms with Crippen molar-refractivity contribution in [3.63, 3.8) is 0 Å². The number of hydrogen-bond acceptors (Lipinski definition) is 2. The van der Waals surface area contributed by atoms with Crippen molar-refractivity contribution in [3.05, 3.63) is 53.3 Å². The molecule has 2 aromatic rings. The van der Waals surface area contributed by atoms with E-state index in [9.17, 15) is 0 Å². The predicted octanol–water partition coefficient (Wildman–Crippen LogP) is 3.27. The molecule has 1 aromatic carbocycles. The molecule has 0 amide bonds. The van der Waals surface area contributed by atoms with Gasteiger partial charge in [0.2, 0.25) is 0 Å². The summed E-state index contributed by atoms with van der Waals surface area (Å²) in [6, 6.07) is 9.30. The minimum Gasteiger partial charge on any atom is -0.310 e. The summed E-state index contributed by atoms with van der Waals surface area (Å²) in [5.74, 6) is 0. The average molecular weight is 271 g/mol. The van der Waals surface area contributed by atoms with Crippen LogP contribution in [0, 0.1) is 0 Å². The van der Waals surface area contributed by atoms with Crippen LogP contribution < -0.4 is 5.32 Å². The highest BCUT2D eigenvalue weighted by Gasteiger charge is 2.13. The molecule has 1 aromatic heterocycles. The van der Waals surface area contributed by atoms with Crippen LogP contribution in [0.5, 0.6) is 0 Å². The Balaban J connectivity index is 2.10. The monoisotopic (exact) mass is 271 g/mol. The van der Waals surface area contributed by atoms with Gasteiger partial charge in [0.25, 0.3) is 0 Å². The molecule has 0 aliphatic heterocycles. The molecule has 0 bridgehead atoms. The second kappa shape index (κ2) is 7.25. The summed E-state index contributed by atoms with van der Waals surface area (Å²) in [7, 11) is 1.97. The van der Waals surface area contributed by atoms with Crippen LogP contribution in [0.3, 0.4) is 0 Å². The Morgan fingerprint density at radius 3 is 2.40 bits per heavy atom. The van der Waals surface area contributed by atoms with E-state index in [1.807, 2.05) is 17.9 Å². The predicted molar refractivity (Wildman–Crippen MR) is 83.8 cm³/mol. The third-order valence-corrected chi connectivity index (χ3v) is 3.64. The zero-order valence-electron chi connectivity index (χ0n) is 12.8. The summed E-state index contributed by atoms with van der Waals surface area (Å²) in [6.07, 6.45) is 7.32. The number of aromatic nitrogens is 2. The average Bonchev–Trinajstić information content (AvgIpc) is 2.90. The molecular weight excluding hydrogens is 246 g/mol. The molecule has 0 fully saturated rings. The van der Waals surface area contributed by atoms with E-state index in [0.717, 1.165) is 25.8 Å². The number of aryl methyl sites for hydroxylation is 2. The molecule has 3 heteroatoms. The van der Waals surface area contributed by atoms with Crippen LogP contribution in [0.1, 0.15) is 43.0 Å². The normalized spacial score (nSPS) is 12.6. The maximum absolute atomic E-state index is 4.29. The lowest BCUT2D eigenvalue weighted by Crippen LogP contribution is -2.23. The van der Waals surface area contributed by atoms with Gasteiger partial charge in [0.15, 0.2) is 0 Å². The summed E-state index contributed by atoms with van der Waals surface area (Å²) in [4.78, 5) is 0. The molecule has 1 N–H and O–H groups in total. The standard InChI is InChI=1S/C17H25N3/c1-4-10-18-17(16-12-19-20(3)13-16)11-15-8-6-14(5-2)7-9-15/h6-9,12-13,17-18H,4-5,10-11H2,1-3H3. The Hall–Kier alpha value is -1.61. The van der Waals surface area contributed by atoms with Crippen LogP contribution in [0.25, 0.3) is 0 Å². The van der Waals surface area contributed by atoms with Crippen molar-refractivity contribution in [1.29, 1.82) is 0 Å². The van der Waals surface area contributed by atoms with Crippen LogP contribution in [0.4, 0.5) is 0 Å². The van der Waals surface area contributed by atoms with E-state index in [2.05, 4.69) is 54.7 Å². The highest BCUT2D eigenvalue weighted by molar-refractivity contribution is 5.25. The highest BCUT2D eigenvalue weighted by atomic mass is 15.2. The summed E-state index contributed by atoms with van der Waals surface area (Å²) >= 11 is 0. The number of nitrogens with one attached hydrogen (secondary N) is 1. The van der Waals surface area contributed by atoms with E-state index in [1.165, 1.54) is 16.7 Å². The number of rotatable bonds is 7. The Bertz CT molecular complexity index is 513. The van der Waals surface area contributed by atoms with Crippen LogP contribution in [0.15, 0.2) is 36.7 Å². The Morgan fingerprint density at radius 2 is 1.85 bits per heavy atom. The maximum Gasteiger partial charge on any atom is 0.0537 e. The summed E-state index contributed by atoms with van der Waals surface area (Å²) < 4.78 is 1.87. The van der Waals surface area contributed by atoms with Crippen molar-refractivity contribution >= 4 is 0 Å². The first-order valence-corrected chi connectivity index (χ1v) is 7.52. The molecule has 0 spiro atoms. The van der Waals surface area contributed by atoms with E-state index in [1.54, 1.807) is 0 Å². The SMILES string of the molecule is CCCNC(Cc1ccc(CC)cc1)c1cnn(C)c1. The van der Waals surface area contributed by atoms with Crippen LogP contribution in [-0.2, 0) is 19.9 Å². The first kappa shape index (κ1) is 14.8. The smallest absolute Gasteiger partial charge is 0.0537 e. The van der Waals surface area contributed by atoms with E-state index >= 15 is 0 Å². The van der Waals surface area contributed by atoms with E-state index in [4.69, 9.17) is 0 Å². The van der Waals surface area contributed by atoms with Crippen LogP contribution >= 0.6 is 0 Å². The molecule has 0 aliphatic carbocycles. The molecule has 0 saturated heterocycles. The molecule has 108 valence electrons. The van der Waals surface area contributed by atoms with Crippen molar-refractivity contribution < 1.29 is 0 Å². The van der Waals surface area contributed by atoms with E-state index < -0.39 is 0 Å². The van der Waals surface area contributed by atoms with E-state index in [0.29, 0.717) is 6.04 Å². The lowest BCUT2D eigenvalue weighted by Gasteiger charge is -2.17. The minimum atomic E-state index is 0.344. The van der Waals surface area contributed by atoms with Gasteiger partial charge in [0, 0.05) is 24.8 Å². The van der Waals surface area contributed by atoms with Crippen LogP contribution in [-0.4, -0.2) is 16.3 Å². The number of hydrogen-bond donors (Lipinski definition) is 1. The molecular formula is C17H25N3. The molecule has 20 heavy (non-hydrogen) atoms. The van der Waals surface area contributed by atoms with Gasteiger partial charge in [0.05, 0.1) is 6.20 Å². The zero-order valence-corrected chi connectivity index (χ0v) is 12.8. The molecule has 3 nitrogen and oxygen atoms in total. The molecule has 2 rings (SSSR count). The largest absolute Gasteiger partial charge is 0.310 e. The van der Waals surface area contributed by atoms with Crippen LogP contribution in [0.2, 0.25) is 0 Å². The maximum atomic E-state index is 4.29. The third-order valence-electron chi connectivity index (χ3n) is 3.64. The van der Waals surface area contributed by atoms with Crippen molar-refractivity contribution in [2.45, 2.75) is 39.2 Å². The second-order valence-electron chi connectivity index (χ2n) is 5.33. The number of benzene rings is 1. The fourth-order valence-corrected chi connectivity index (χ4v) is 2.39. The molecule has 0 aliphatic rings. The van der Waals surface area contributed by atoms with E-state index in [-0.39, 0.29) is 0 Å². The summed E-state index contributed by atoms with van der Waals surface area (Å²) in [6.45, 7) is 5.42. The Morgan fingerprint density at radius 1 is 1.15 bits per heavy atom. The van der Waals surface area contributed by atoms with Gasteiger partial charge in [0.1, 0.15) is 0 Å². The molecule has 0 saturated carbocycles. The first-order chi connectivity index (χ1) is 9.72. The molecule has 1 atom stereocenters. The van der Waals surface area contributed by atoms with Crippen molar-refractivity contribution in [2.75, 3.05) is 6.54 Å². The topological polar surface area (TPSA) is 29.9 Å². The van der Waals surface area contributed by atoms with Gasteiger partial charge >= 0.3 is 0 Å². The lowest BCUT2D eigenvalue weighted by molar-refractivity contribution is 0.529. The first-order valence-electron chi connectivity index (χ1n) is 7.52. The van der Waals surface area contributed by atoms with Gasteiger partial charge in [-0.25, -0.2) is 0 Å². The lowest BCUT2D eigenvalue weighted by atomic mass is 10.00. The number of nitrogens with zero attached hydrogens (tertiary/aromatic N) is 2. The van der Waals surface area contributed by atoms with Gasteiger partial charge < -0.3 is 5.32 Å². The minimum absolute atomic E-state index is 0.344. The van der Waals surface area contributed by atoms with Gasteiger partial charge in [-0.15, -0.1) is 0 Å². The second-order valence-corrected chi connectivity index (χ2v) is 5.33. The molecule has 0 radical (unpaired) electrons. The molecule has 1 unspecified atom stereocenters. The van der Waals surface area contributed by atoms with Gasteiger partial charge in [-0.2, -0.15) is 5.10 Å². The van der Waals surface area contributed by atoms with Gasteiger partial charge in [-0.3, -0.25) is 4.68 Å². The summed E-state index contributed by atoms with van der Waals surface area (Å²) in [5.41, 5.74) is 4.04. The van der Waals surface area contributed by atoms with Crippen molar-refractivity contribution in [3.8, 4) is 0 Å². The zero-order chi connectivity index (χ0) is 14.4.